The van der Waals surface area contributed by atoms with Crippen molar-refractivity contribution in [3.05, 3.63) is 40.5 Å². The van der Waals surface area contributed by atoms with E-state index < -0.39 is 0 Å². The Morgan fingerprint density at radius 3 is 2.93 bits per heavy atom. The summed E-state index contributed by atoms with van der Waals surface area (Å²) in [6, 6.07) is 6.54. The fourth-order valence-corrected chi connectivity index (χ4v) is 1.87. The van der Waals surface area contributed by atoms with E-state index in [1.807, 2.05) is 0 Å². The van der Waals surface area contributed by atoms with Crippen LogP contribution in [0.5, 0.6) is 0 Å². The van der Waals surface area contributed by atoms with Crippen LogP contribution < -0.4 is 11.5 Å². The lowest BCUT2D eigenvalue weighted by molar-refractivity contribution is 0.765. The molecule has 74 valence electrons. The van der Waals surface area contributed by atoms with Gasteiger partial charge in [0.05, 0.1) is 0 Å². The minimum absolute atomic E-state index is 0.0164. The van der Waals surface area contributed by atoms with Crippen LogP contribution in [0.3, 0.4) is 0 Å². The maximum atomic E-state index is 5.90. The fraction of sp³-hybridized carbons (Fsp3) is 0.333. The standard InChI is InChI=1S/C12H16N2/c1-8-2-3-9-5-11(12(14)7-13)6-10(9)4-8/h2-4,6,12H,5,7,13-14H2,1H3. The van der Waals surface area contributed by atoms with Crippen molar-refractivity contribution >= 4 is 6.08 Å². The van der Waals surface area contributed by atoms with Crippen LogP contribution in [0.15, 0.2) is 23.8 Å². The van der Waals surface area contributed by atoms with Crippen molar-refractivity contribution < 1.29 is 0 Å². The molecule has 1 aromatic carbocycles. The van der Waals surface area contributed by atoms with Crippen molar-refractivity contribution in [3.8, 4) is 0 Å². The molecule has 1 aliphatic carbocycles. The number of hydrogen-bond acceptors (Lipinski definition) is 2. The summed E-state index contributed by atoms with van der Waals surface area (Å²) in [4.78, 5) is 0. The average Bonchev–Trinajstić information content (AvgIpc) is 2.59. The van der Waals surface area contributed by atoms with Gasteiger partial charge in [-0.05, 0) is 30.0 Å². The Kier molecular flexibility index (Phi) is 2.40. The van der Waals surface area contributed by atoms with E-state index in [1.165, 1.54) is 22.3 Å². The lowest BCUT2D eigenvalue weighted by Gasteiger charge is -2.08. The Morgan fingerprint density at radius 2 is 2.21 bits per heavy atom. The van der Waals surface area contributed by atoms with Gasteiger partial charge >= 0.3 is 0 Å². The predicted molar refractivity (Wildman–Crippen MR) is 59.9 cm³/mol. The molecule has 0 radical (unpaired) electrons. The molecule has 0 bridgehead atoms. The maximum absolute atomic E-state index is 5.90. The molecule has 0 amide bonds. The van der Waals surface area contributed by atoms with Gasteiger partial charge in [-0.3, -0.25) is 0 Å². The quantitative estimate of drug-likeness (QED) is 0.733. The van der Waals surface area contributed by atoms with Gasteiger partial charge in [0.2, 0.25) is 0 Å². The zero-order valence-electron chi connectivity index (χ0n) is 8.46. The van der Waals surface area contributed by atoms with Crippen LogP contribution in [-0.2, 0) is 6.42 Å². The second-order valence-electron chi connectivity index (χ2n) is 3.94. The smallest absolute Gasteiger partial charge is 0.0385 e. The highest BCUT2D eigenvalue weighted by Gasteiger charge is 2.16. The molecule has 0 aliphatic heterocycles. The Labute approximate surface area is 84.6 Å². The lowest BCUT2D eigenvalue weighted by Crippen LogP contribution is -2.31. The van der Waals surface area contributed by atoms with Crippen LogP contribution in [0.25, 0.3) is 6.08 Å². The molecule has 1 unspecified atom stereocenters. The summed E-state index contributed by atoms with van der Waals surface area (Å²) in [5.74, 6) is 0. The highest BCUT2D eigenvalue weighted by molar-refractivity contribution is 5.65. The first-order valence-electron chi connectivity index (χ1n) is 4.96. The van der Waals surface area contributed by atoms with Crippen LogP contribution in [0.1, 0.15) is 16.7 Å². The van der Waals surface area contributed by atoms with Crippen molar-refractivity contribution in [1.82, 2.24) is 0 Å². The number of benzene rings is 1. The SMILES string of the molecule is Cc1ccc2c(c1)C=C(C(N)CN)C2. The third kappa shape index (κ3) is 1.59. The van der Waals surface area contributed by atoms with Crippen LogP contribution in [0.2, 0.25) is 0 Å². The Bertz CT molecular complexity index is 380. The van der Waals surface area contributed by atoms with E-state index in [0.717, 1.165) is 6.42 Å². The zero-order chi connectivity index (χ0) is 10.1. The third-order valence-electron chi connectivity index (χ3n) is 2.77. The largest absolute Gasteiger partial charge is 0.329 e. The predicted octanol–water partition coefficient (Wildman–Crippen LogP) is 1.22. The first-order valence-corrected chi connectivity index (χ1v) is 4.96. The first kappa shape index (κ1) is 9.44. The second-order valence-corrected chi connectivity index (χ2v) is 3.94. The van der Waals surface area contributed by atoms with Gasteiger partial charge in [-0.2, -0.15) is 0 Å². The van der Waals surface area contributed by atoms with Gasteiger partial charge in [-0.15, -0.1) is 0 Å². The Morgan fingerprint density at radius 1 is 1.43 bits per heavy atom. The summed E-state index contributed by atoms with van der Waals surface area (Å²) in [5.41, 5.74) is 16.7. The molecule has 2 rings (SSSR count). The van der Waals surface area contributed by atoms with E-state index in [2.05, 4.69) is 31.2 Å². The normalized spacial score (nSPS) is 16.4. The summed E-state index contributed by atoms with van der Waals surface area (Å²) >= 11 is 0. The number of rotatable bonds is 2. The Hall–Kier alpha value is -1.12. The fourth-order valence-electron chi connectivity index (χ4n) is 1.87. The molecule has 2 nitrogen and oxygen atoms in total. The van der Waals surface area contributed by atoms with E-state index >= 15 is 0 Å². The number of fused-ring (bicyclic) bond motifs is 1. The molecule has 0 saturated heterocycles. The maximum Gasteiger partial charge on any atom is 0.0385 e. The van der Waals surface area contributed by atoms with E-state index in [9.17, 15) is 0 Å². The molecule has 0 heterocycles. The third-order valence-corrected chi connectivity index (χ3v) is 2.77. The summed E-state index contributed by atoms with van der Waals surface area (Å²) in [7, 11) is 0. The lowest BCUT2D eigenvalue weighted by atomic mass is 10.0. The van der Waals surface area contributed by atoms with Crippen LogP contribution in [-0.4, -0.2) is 12.6 Å². The van der Waals surface area contributed by atoms with Gasteiger partial charge in [0.1, 0.15) is 0 Å². The summed E-state index contributed by atoms with van der Waals surface area (Å²) in [6.07, 6.45) is 3.15. The van der Waals surface area contributed by atoms with Crippen molar-refractivity contribution in [2.75, 3.05) is 6.54 Å². The van der Waals surface area contributed by atoms with E-state index in [-0.39, 0.29) is 6.04 Å². The van der Waals surface area contributed by atoms with Gasteiger partial charge in [0.15, 0.2) is 0 Å². The van der Waals surface area contributed by atoms with E-state index in [4.69, 9.17) is 11.5 Å². The molecule has 0 fully saturated rings. The molecular weight excluding hydrogens is 172 g/mol. The van der Waals surface area contributed by atoms with Crippen molar-refractivity contribution in [3.63, 3.8) is 0 Å². The van der Waals surface area contributed by atoms with Crippen molar-refractivity contribution in [1.29, 1.82) is 0 Å². The highest BCUT2D eigenvalue weighted by Crippen LogP contribution is 2.26. The van der Waals surface area contributed by atoms with Gasteiger partial charge < -0.3 is 11.5 Å². The van der Waals surface area contributed by atoms with Crippen molar-refractivity contribution in [2.24, 2.45) is 11.5 Å². The van der Waals surface area contributed by atoms with E-state index in [0.29, 0.717) is 6.54 Å². The molecule has 14 heavy (non-hydrogen) atoms. The van der Waals surface area contributed by atoms with Gasteiger partial charge in [0.25, 0.3) is 0 Å². The number of nitrogens with two attached hydrogens (primary N) is 2. The number of hydrogen-bond donors (Lipinski definition) is 2. The van der Waals surface area contributed by atoms with Gasteiger partial charge in [-0.1, -0.05) is 29.8 Å². The molecule has 0 spiro atoms. The minimum atomic E-state index is 0.0164. The minimum Gasteiger partial charge on any atom is -0.329 e. The summed E-state index contributed by atoms with van der Waals surface area (Å²) < 4.78 is 0. The van der Waals surface area contributed by atoms with Crippen molar-refractivity contribution in [2.45, 2.75) is 19.4 Å². The molecule has 1 aromatic rings. The molecular formula is C12H16N2. The van der Waals surface area contributed by atoms with Crippen LogP contribution in [0, 0.1) is 6.92 Å². The monoisotopic (exact) mass is 188 g/mol. The van der Waals surface area contributed by atoms with Gasteiger partial charge in [-0.25, -0.2) is 0 Å². The van der Waals surface area contributed by atoms with Gasteiger partial charge in [0, 0.05) is 12.6 Å². The van der Waals surface area contributed by atoms with E-state index in [1.54, 1.807) is 0 Å². The average molecular weight is 188 g/mol. The molecule has 0 aromatic heterocycles. The molecule has 0 saturated carbocycles. The molecule has 1 aliphatic rings. The molecule has 4 N–H and O–H groups in total. The summed E-state index contributed by atoms with van der Waals surface area (Å²) in [6.45, 7) is 2.63. The molecule has 1 atom stereocenters. The highest BCUT2D eigenvalue weighted by atomic mass is 14.7. The topological polar surface area (TPSA) is 52.0 Å². The second kappa shape index (κ2) is 3.56. The zero-order valence-corrected chi connectivity index (χ0v) is 8.46. The molecule has 2 heteroatoms. The van der Waals surface area contributed by atoms with Crippen LogP contribution in [0.4, 0.5) is 0 Å². The summed E-state index contributed by atoms with van der Waals surface area (Å²) in [5, 5.41) is 0. The number of aryl methyl sites for hydroxylation is 1. The first-order chi connectivity index (χ1) is 6.70. The van der Waals surface area contributed by atoms with Crippen LogP contribution >= 0.6 is 0 Å². The Balaban J connectivity index is 2.30.